The van der Waals surface area contributed by atoms with Crippen molar-refractivity contribution in [3.63, 3.8) is 0 Å². The highest BCUT2D eigenvalue weighted by atomic mass is 16.4. The molecule has 4 N–H and O–H groups in total. The van der Waals surface area contributed by atoms with Crippen LogP contribution in [-0.4, -0.2) is 102 Å². The van der Waals surface area contributed by atoms with Crippen LogP contribution in [0.1, 0.15) is 16.7 Å². The Morgan fingerprint density at radius 1 is 0.722 bits per heavy atom. The number of nitrogens with zero attached hydrogens (tertiary/aromatic N) is 3. The fraction of sp³-hybridized carbons (Fsp3) is 0.444. The smallest absolute Gasteiger partial charge is 0.317 e. The van der Waals surface area contributed by atoms with Gasteiger partial charge < -0.3 is 15.9 Å². The van der Waals surface area contributed by atoms with Gasteiger partial charge in [0.1, 0.15) is 0 Å². The van der Waals surface area contributed by atoms with Crippen LogP contribution in [0.5, 0.6) is 0 Å². The van der Waals surface area contributed by atoms with Gasteiger partial charge in [0, 0.05) is 51.4 Å². The third-order valence-electron chi connectivity index (χ3n) is 6.65. The number of hydrogen-bond acceptors (Lipinski definition) is 7. The number of carbonyl (C=O) groups excluding carboxylic acids is 1. The summed E-state index contributed by atoms with van der Waals surface area (Å²) in [5, 5.41) is 18.4. The van der Waals surface area contributed by atoms with E-state index in [9.17, 15) is 24.6 Å². The van der Waals surface area contributed by atoms with Gasteiger partial charge in [0.2, 0.25) is 0 Å². The average molecular weight is 497 g/mol. The number of rotatable bonds is 9. The third-order valence-corrected chi connectivity index (χ3v) is 6.65. The predicted octanol–water partition coefficient (Wildman–Crippen LogP) is 1.75. The topological polar surface area (TPSA) is 127 Å². The monoisotopic (exact) mass is 496 g/mol. The van der Waals surface area contributed by atoms with Gasteiger partial charge in [-0.05, 0) is 53.8 Å². The fourth-order valence-corrected chi connectivity index (χ4v) is 4.49. The number of nitrogen functional groups attached to an aromatic ring is 1. The number of Topliss-reactive ketones (excluding diaryl/α,β-unsaturated/α-hetero) is 1. The molecule has 36 heavy (non-hydrogen) atoms. The molecule has 0 unspecified atom stereocenters. The summed E-state index contributed by atoms with van der Waals surface area (Å²) in [7, 11) is 0. The van der Waals surface area contributed by atoms with E-state index < -0.39 is 11.9 Å². The van der Waals surface area contributed by atoms with Gasteiger partial charge in [-0.15, -0.1) is 0 Å². The molecule has 9 nitrogen and oxygen atoms in total. The van der Waals surface area contributed by atoms with E-state index in [1.807, 2.05) is 43.0 Å². The molecule has 2 aromatic rings. The maximum Gasteiger partial charge on any atom is 0.317 e. The zero-order valence-corrected chi connectivity index (χ0v) is 21.1. The van der Waals surface area contributed by atoms with Crippen LogP contribution in [0.4, 0.5) is 5.69 Å². The molecule has 0 aliphatic carbocycles. The van der Waals surface area contributed by atoms with Gasteiger partial charge in [0.25, 0.3) is 0 Å². The van der Waals surface area contributed by atoms with E-state index in [4.69, 9.17) is 5.73 Å². The summed E-state index contributed by atoms with van der Waals surface area (Å²) in [6, 6.07) is 12.1. The molecule has 3 rings (SSSR count). The minimum absolute atomic E-state index is 0.0722. The number of aryl methyl sites for hydroxylation is 2. The Labute approximate surface area is 212 Å². The van der Waals surface area contributed by atoms with Crippen LogP contribution in [0.2, 0.25) is 0 Å². The second-order valence-electron chi connectivity index (χ2n) is 9.54. The van der Waals surface area contributed by atoms with Crippen molar-refractivity contribution in [3.05, 3.63) is 53.1 Å². The van der Waals surface area contributed by atoms with Crippen LogP contribution in [0.3, 0.4) is 0 Å². The molecule has 0 aromatic heterocycles. The van der Waals surface area contributed by atoms with Crippen LogP contribution >= 0.6 is 0 Å². The first-order chi connectivity index (χ1) is 17.1. The molecule has 2 aromatic carbocycles. The van der Waals surface area contributed by atoms with E-state index >= 15 is 0 Å². The Hall–Kier alpha value is -3.27. The van der Waals surface area contributed by atoms with E-state index in [-0.39, 0.29) is 25.4 Å². The molecule has 0 bridgehead atoms. The maximum absolute atomic E-state index is 13.0. The summed E-state index contributed by atoms with van der Waals surface area (Å²) in [5.74, 6) is -1.77. The number of ketones is 1. The summed E-state index contributed by atoms with van der Waals surface area (Å²) < 4.78 is 0. The van der Waals surface area contributed by atoms with Crippen molar-refractivity contribution in [2.45, 2.75) is 20.3 Å². The molecular formula is C27H36N4O5. The van der Waals surface area contributed by atoms with Crippen LogP contribution < -0.4 is 5.73 Å². The molecule has 0 radical (unpaired) electrons. The number of carboxylic acid groups (broad SMARTS) is 2. The second kappa shape index (κ2) is 12.6. The summed E-state index contributed by atoms with van der Waals surface area (Å²) in [6.07, 6.45) is 0.307. The molecular weight excluding hydrogens is 460 g/mol. The Balaban J connectivity index is 1.65. The molecule has 1 heterocycles. The number of carbonyl (C=O) groups is 3. The molecule has 1 aliphatic heterocycles. The molecule has 1 aliphatic rings. The first kappa shape index (κ1) is 27.3. The lowest BCUT2D eigenvalue weighted by Gasteiger charge is -2.24. The Morgan fingerprint density at radius 3 is 1.61 bits per heavy atom. The quantitative estimate of drug-likeness (QED) is 0.445. The number of aliphatic carboxylic acids is 2. The van der Waals surface area contributed by atoms with Crippen molar-refractivity contribution in [2.24, 2.45) is 0 Å². The first-order valence-corrected chi connectivity index (χ1v) is 12.2. The number of benzene rings is 2. The van der Waals surface area contributed by atoms with Gasteiger partial charge in [0.05, 0.1) is 19.6 Å². The highest BCUT2D eigenvalue weighted by Crippen LogP contribution is 2.25. The number of carboxylic acids is 2. The van der Waals surface area contributed by atoms with Crippen molar-refractivity contribution in [1.29, 1.82) is 0 Å². The molecule has 9 heteroatoms. The van der Waals surface area contributed by atoms with Gasteiger partial charge >= 0.3 is 11.9 Å². The minimum Gasteiger partial charge on any atom is -0.480 e. The van der Waals surface area contributed by atoms with Gasteiger partial charge in [-0.3, -0.25) is 29.1 Å². The molecule has 1 saturated heterocycles. The number of nitrogens with two attached hydrogens (primary N) is 1. The Morgan fingerprint density at radius 2 is 1.17 bits per heavy atom. The van der Waals surface area contributed by atoms with Crippen LogP contribution in [0, 0.1) is 13.8 Å². The van der Waals surface area contributed by atoms with Crippen molar-refractivity contribution in [1.82, 2.24) is 14.7 Å². The second-order valence-corrected chi connectivity index (χ2v) is 9.54. The summed E-state index contributed by atoms with van der Waals surface area (Å²) in [6.45, 7) is 7.06. The highest BCUT2D eigenvalue weighted by molar-refractivity contribution is 5.83. The van der Waals surface area contributed by atoms with Crippen molar-refractivity contribution >= 4 is 23.4 Å². The third kappa shape index (κ3) is 8.15. The molecule has 0 saturated carbocycles. The lowest BCUT2D eigenvalue weighted by atomic mass is 9.96. The molecule has 0 atom stereocenters. The Bertz CT molecular complexity index is 1080. The maximum atomic E-state index is 13.0. The predicted molar refractivity (Wildman–Crippen MR) is 139 cm³/mol. The molecule has 0 amide bonds. The number of anilines is 1. The lowest BCUT2D eigenvalue weighted by Crippen LogP contribution is -2.40. The van der Waals surface area contributed by atoms with Crippen molar-refractivity contribution < 1.29 is 24.6 Å². The van der Waals surface area contributed by atoms with Crippen LogP contribution in [0.15, 0.2) is 36.4 Å². The van der Waals surface area contributed by atoms with Crippen molar-refractivity contribution in [2.75, 3.05) is 64.6 Å². The van der Waals surface area contributed by atoms with Crippen LogP contribution in [0.25, 0.3) is 11.1 Å². The molecule has 0 spiro atoms. The largest absolute Gasteiger partial charge is 0.480 e. The van der Waals surface area contributed by atoms with Gasteiger partial charge in [-0.1, -0.05) is 24.3 Å². The average Bonchev–Trinajstić information content (AvgIpc) is 2.88. The van der Waals surface area contributed by atoms with Gasteiger partial charge in [-0.2, -0.15) is 0 Å². The van der Waals surface area contributed by atoms with E-state index in [0.717, 1.165) is 33.5 Å². The highest BCUT2D eigenvalue weighted by Gasteiger charge is 2.21. The van der Waals surface area contributed by atoms with E-state index in [1.165, 1.54) is 0 Å². The standard InChI is InChI=1S/C27H36N4O5/c1-19-13-22(23-5-6-25(28)20(2)14-23)4-3-21(19)15-24(32)16-29-7-9-30(17-26(33)34)11-12-31(10-8-29)18-27(35)36/h3-6,13-14H,7-12,15-18,28H2,1-2H3,(H,33,34)(H,35,36). The van der Waals surface area contributed by atoms with Crippen LogP contribution in [-0.2, 0) is 20.8 Å². The number of hydrogen-bond donors (Lipinski definition) is 3. The summed E-state index contributed by atoms with van der Waals surface area (Å²) >= 11 is 0. The molecule has 1 fully saturated rings. The van der Waals surface area contributed by atoms with E-state index in [2.05, 4.69) is 12.1 Å². The van der Waals surface area contributed by atoms with Gasteiger partial charge in [-0.25, -0.2) is 0 Å². The lowest BCUT2D eigenvalue weighted by molar-refractivity contribution is -0.140. The van der Waals surface area contributed by atoms with Crippen molar-refractivity contribution in [3.8, 4) is 11.1 Å². The zero-order valence-electron chi connectivity index (χ0n) is 21.1. The minimum atomic E-state index is -0.922. The zero-order chi connectivity index (χ0) is 26.2. The van der Waals surface area contributed by atoms with E-state index in [0.29, 0.717) is 45.7 Å². The van der Waals surface area contributed by atoms with E-state index in [1.54, 1.807) is 9.80 Å². The fourth-order valence-electron chi connectivity index (χ4n) is 4.49. The van der Waals surface area contributed by atoms with Gasteiger partial charge in [0.15, 0.2) is 5.78 Å². The normalized spacial score (nSPS) is 16.2. The SMILES string of the molecule is Cc1cc(-c2ccc(CC(=O)CN3CCN(CC(=O)O)CCN(CC(=O)O)CC3)c(C)c2)ccc1N. The summed E-state index contributed by atoms with van der Waals surface area (Å²) in [4.78, 5) is 41.0. The summed E-state index contributed by atoms with van der Waals surface area (Å²) in [5.41, 5.74) is 11.9. The molecule has 194 valence electrons. The first-order valence-electron chi connectivity index (χ1n) is 12.2. The Kier molecular flexibility index (Phi) is 9.58.